The quantitative estimate of drug-likeness (QED) is 0.180. The van der Waals surface area contributed by atoms with Gasteiger partial charge in [-0.15, -0.1) is 0 Å². The summed E-state index contributed by atoms with van der Waals surface area (Å²) < 4.78 is 0. The van der Waals surface area contributed by atoms with Crippen molar-refractivity contribution in [3.8, 4) is 5.75 Å². The average molecular weight is 634 g/mol. The normalized spacial score (nSPS) is 24.3. The molecule has 0 aromatic heterocycles. The Labute approximate surface area is 272 Å². The van der Waals surface area contributed by atoms with Crippen molar-refractivity contribution in [3.63, 3.8) is 0 Å². The minimum Gasteiger partial charge on any atom is -0.511 e. The molecule has 0 radical (unpaired) electrons. The second kappa shape index (κ2) is 12.5. The number of phenols is 1. The van der Waals surface area contributed by atoms with Gasteiger partial charge in [0, 0.05) is 29.0 Å². The first-order valence-corrected chi connectivity index (χ1v) is 16.1. The number of amides is 1. The smallest absolute Gasteiger partial charge is 0.227 e. The lowest BCUT2D eigenvalue weighted by Crippen LogP contribution is -2.59. The molecular formula is C37H51N3O6. The van der Waals surface area contributed by atoms with Gasteiger partial charge in [-0.05, 0) is 74.0 Å². The first-order chi connectivity index (χ1) is 21.3. The molecule has 0 saturated heterocycles. The van der Waals surface area contributed by atoms with Gasteiger partial charge < -0.3 is 31.3 Å². The second-order valence-electron chi connectivity index (χ2n) is 15.1. The summed E-state index contributed by atoms with van der Waals surface area (Å²) >= 11 is 0. The van der Waals surface area contributed by atoms with Gasteiger partial charge in [0.25, 0.3) is 0 Å². The number of hydrogen-bond acceptors (Lipinski definition) is 8. The standard InChI is InChI=1S/C37H51N3O6/c1-10-22-15-25(39-17-21-11-13-23(14-12-21)35(3,4)5)31(43)27-24(22)16-36(6)19-37(7,26(18-41)40(8)9)29(30(42)20(2)34(38)46)33(45)28(36)32(27)44/h11-15,20,26,29,39,41,43,45H,10,16-19H2,1-9H3,(H2,38,46)/t20?,26-,29?,36+,37+/m1/s1. The van der Waals surface area contributed by atoms with Crippen LogP contribution in [0.15, 0.2) is 41.7 Å². The van der Waals surface area contributed by atoms with Gasteiger partial charge in [0.15, 0.2) is 11.6 Å². The number of primary amides is 1. The summed E-state index contributed by atoms with van der Waals surface area (Å²) in [7, 11) is 3.57. The molecule has 2 aromatic rings. The number of fused-ring (bicyclic) bond motifs is 2. The minimum atomic E-state index is -1.27. The molecule has 250 valence electrons. The number of hydrogen-bond donors (Lipinski definition) is 5. The summed E-state index contributed by atoms with van der Waals surface area (Å²) in [5.74, 6) is -5.09. The monoisotopic (exact) mass is 633 g/mol. The van der Waals surface area contributed by atoms with E-state index in [1.807, 2.05) is 39.0 Å². The van der Waals surface area contributed by atoms with E-state index in [0.717, 1.165) is 11.1 Å². The summed E-state index contributed by atoms with van der Waals surface area (Å²) in [6, 6.07) is 9.57. The number of likely N-dealkylation sites (N-methyl/N-ethyl adjacent to an activating group) is 1. The van der Waals surface area contributed by atoms with Crippen LogP contribution in [-0.2, 0) is 34.4 Å². The van der Waals surface area contributed by atoms with Crippen LogP contribution in [0.25, 0.3) is 0 Å². The van der Waals surface area contributed by atoms with Crippen molar-refractivity contribution in [2.45, 2.75) is 85.7 Å². The molecule has 5 atom stereocenters. The summed E-state index contributed by atoms with van der Waals surface area (Å²) in [5, 5.41) is 37.4. The summed E-state index contributed by atoms with van der Waals surface area (Å²) in [4.78, 5) is 42.4. The molecule has 2 unspecified atom stereocenters. The largest absolute Gasteiger partial charge is 0.511 e. The highest BCUT2D eigenvalue weighted by molar-refractivity contribution is 6.16. The lowest BCUT2D eigenvalue weighted by Gasteiger charge is -2.55. The van der Waals surface area contributed by atoms with E-state index >= 15 is 0 Å². The number of aliphatic hydroxyl groups is 2. The first-order valence-electron chi connectivity index (χ1n) is 16.1. The molecule has 9 nitrogen and oxygen atoms in total. The number of carbonyl (C=O) groups is 3. The Kier molecular flexibility index (Phi) is 9.55. The highest BCUT2D eigenvalue weighted by Gasteiger charge is 2.60. The van der Waals surface area contributed by atoms with E-state index < -0.39 is 51.9 Å². The summed E-state index contributed by atoms with van der Waals surface area (Å²) in [6.45, 7) is 13.7. The van der Waals surface area contributed by atoms with Crippen molar-refractivity contribution in [2.75, 3.05) is 26.0 Å². The van der Waals surface area contributed by atoms with Crippen LogP contribution < -0.4 is 11.1 Å². The van der Waals surface area contributed by atoms with Crippen molar-refractivity contribution < 1.29 is 29.7 Å². The third-order valence-corrected chi connectivity index (χ3v) is 10.5. The highest BCUT2D eigenvalue weighted by atomic mass is 16.3. The van der Waals surface area contributed by atoms with E-state index in [1.54, 1.807) is 19.0 Å². The Morgan fingerprint density at radius 1 is 1.13 bits per heavy atom. The van der Waals surface area contributed by atoms with Gasteiger partial charge in [-0.1, -0.05) is 65.8 Å². The second-order valence-corrected chi connectivity index (χ2v) is 15.1. The molecule has 2 aliphatic rings. The predicted octanol–water partition coefficient (Wildman–Crippen LogP) is 5.06. The van der Waals surface area contributed by atoms with E-state index in [0.29, 0.717) is 30.6 Å². The van der Waals surface area contributed by atoms with Gasteiger partial charge >= 0.3 is 0 Å². The fraction of sp³-hybridized carbons (Fsp3) is 0.541. The van der Waals surface area contributed by atoms with Crippen LogP contribution in [0.4, 0.5) is 5.69 Å². The summed E-state index contributed by atoms with van der Waals surface area (Å²) in [6.07, 6.45) is 1.22. The number of aromatic hydroxyl groups is 1. The molecular weight excluding hydrogens is 582 g/mol. The molecule has 0 fully saturated rings. The Morgan fingerprint density at radius 2 is 1.74 bits per heavy atom. The fourth-order valence-corrected chi connectivity index (χ4v) is 7.96. The number of allylic oxidation sites excluding steroid dienone is 2. The average Bonchev–Trinajstić information content (AvgIpc) is 2.95. The number of aliphatic hydroxyl groups excluding tert-OH is 2. The number of phenolic OH excluding ortho intramolecular Hbond substituents is 1. The van der Waals surface area contributed by atoms with Crippen molar-refractivity contribution in [1.82, 2.24) is 4.90 Å². The molecule has 2 aromatic carbocycles. The number of anilines is 1. The van der Waals surface area contributed by atoms with Crippen molar-refractivity contribution in [2.24, 2.45) is 28.4 Å². The third kappa shape index (κ3) is 5.95. The number of nitrogens with zero attached hydrogens (tertiary/aromatic N) is 1. The lowest BCUT2D eigenvalue weighted by molar-refractivity contribution is -0.140. The lowest BCUT2D eigenvalue weighted by atomic mass is 9.50. The maximum Gasteiger partial charge on any atom is 0.227 e. The number of Topliss-reactive ketones (excluding diaryl/α,β-unsaturated/α-hetero) is 2. The zero-order chi connectivity index (χ0) is 34.5. The number of carbonyl (C=O) groups excluding carboxylic acids is 3. The van der Waals surface area contributed by atoms with Gasteiger partial charge in [0.1, 0.15) is 11.5 Å². The molecule has 0 saturated carbocycles. The molecule has 2 aliphatic carbocycles. The Morgan fingerprint density at radius 3 is 2.24 bits per heavy atom. The number of aryl methyl sites for hydroxylation is 1. The van der Waals surface area contributed by atoms with Crippen LogP contribution in [0, 0.1) is 22.7 Å². The van der Waals surface area contributed by atoms with E-state index in [4.69, 9.17) is 5.73 Å². The van der Waals surface area contributed by atoms with Gasteiger partial charge in [0.2, 0.25) is 5.91 Å². The predicted molar refractivity (Wildman–Crippen MR) is 180 cm³/mol. The maximum absolute atomic E-state index is 14.5. The van der Waals surface area contributed by atoms with Crippen LogP contribution in [0.2, 0.25) is 0 Å². The molecule has 0 bridgehead atoms. The maximum atomic E-state index is 14.5. The summed E-state index contributed by atoms with van der Waals surface area (Å²) in [5.41, 5.74) is 8.02. The van der Waals surface area contributed by atoms with Gasteiger partial charge in [-0.25, -0.2) is 0 Å². The van der Waals surface area contributed by atoms with Crippen molar-refractivity contribution in [1.29, 1.82) is 0 Å². The number of rotatable bonds is 10. The zero-order valence-corrected chi connectivity index (χ0v) is 28.7. The topological polar surface area (TPSA) is 153 Å². The molecule has 4 rings (SSSR count). The Balaban J connectivity index is 1.84. The molecule has 1 amide bonds. The van der Waals surface area contributed by atoms with Crippen LogP contribution >= 0.6 is 0 Å². The van der Waals surface area contributed by atoms with Crippen LogP contribution in [-0.4, -0.2) is 64.4 Å². The minimum absolute atomic E-state index is 0.0252. The molecule has 9 heteroatoms. The van der Waals surface area contributed by atoms with E-state index in [1.165, 1.54) is 12.5 Å². The SMILES string of the molecule is CCc1cc(NCc2ccc(C(C)(C)C)cc2)c(O)c2c1C[C@@]1(C)C[C@@](C)([C@@H](CO)N(C)C)C(C(=O)C(C)C(N)=O)C(O)=C1C2=O. The van der Waals surface area contributed by atoms with E-state index in [2.05, 4.69) is 38.2 Å². The highest BCUT2D eigenvalue weighted by Crippen LogP contribution is 2.59. The molecule has 46 heavy (non-hydrogen) atoms. The molecule has 6 N–H and O–H groups in total. The molecule has 0 spiro atoms. The fourth-order valence-electron chi connectivity index (χ4n) is 7.96. The van der Waals surface area contributed by atoms with Crippen LogP contribution in [0.3, 0.4) is 0 Å². The number of benzene rings is 2. The molecule has 0 heterocycles. The number of nitrogens with one attached hydrogen (secondary N) is 1. The van der Waals surface area contributed by atoms with Gasteiger partial charge in [-0.3, -0.25) is 14.4 Å². The number of ketones is 2. The first kappa shape index (κ1) is 35.2. The van der Waals surface area contributed by atoms with E-state index in [-0.39, 0.29) is 35.3 Å². The molecule has 0 aliphatic heterocycles. The van der Waals surface area contributed by atoms with Crippen molar-refractivity contribution in [3.05, 3.63) is 69.5 Å². The van der Waals surface area contributed by atoms with Crippen LogP contribution in [0.5, 0.6) is 5.75 Å². The Hall–Kier alpha value is -3.69. The third-order valence-electron chi connectivity index (χ3n) is 10.5. The Bertz CT molecular complexity index is 1570. The van der Waals surface area contributed by atoms with Crippen LogP contribution in [0.1, 0.15) is 87.5 Å². The zero-order valence-electron chi connectivity index (χ0n) is 28.7. The van der Waals surface area contributed by atoms with Crippen molar-refractivity contribution >= 4 is 23.2 Å². The van der Waals surface area contributed by atoms with E-state index in [9.17, 15) is 29.7 Å². The van der Waals surface area contributed by atoms with Gasteiger partial charge in [-0.2, -0.15) is 0 Å². The van der Waals surface area contributed by atoms with Gasteiger partial charge in [0.05, 0.1) is 29.7 Å². The number of nitrogens with two attached hydrogens (primary N) is 1.